The zero-order chi connectivity index (χ0) is 25.4. The number of aryl methyl sites for hydroxylation is 2. The van der Waals surface area contributed by atoms with Crippen LogP contribution in [0, 0.1) is 12.7 Å². The molecule has 36 heavy (non-hydrogen) atoms. The normalized spacial score (nSPS) is 18.6. The van der Waals surface area contributed by atoms with Gasteiger partial charge < -0.3 is 19.3 Å². The second-order valence-electron chi connectivity index (χ2n) is 9.54. The molecule has 7 nitrogen and oxygen atoms in total. The molecule has 1 saturated heterocycles. The summed E-state index contributed by atoms with van der Waals surface area (Å²) in [5.41, 5.74) is 1.30. The lowest BCUT2D eigenvalue weighted by Crippen LogP contribution is -2.37. The molecule has 3 aromatic rings. The highest BCUT2D eigenvalue weighted by atomic mass is 19.1. The minimum absolute atomic E-state index is 0.0837. The highest BCUT2D eigenvalue weighted by molar-refractivity contribution is 5.43. The Bertz CT molecular complexity index is 1120. The van der Waals surface area contributed by atoms with Crippen molar-refractivity contribution < 1.29 is 23.7 Å². The van der Waals surface area contributed by atoms with Crippen LogP contribution in [-0.2, 0) is 13.1 Å². The molecule has 0 radical (unpaired) electrons. The molecule has 0 spiro atoms. The molecule has 1 atom stereocenters. The molecule has 1 fully saturated rings. The minimum Gasteiger partial charge on any atom is -0.493 e. The summed E-state index contributed by atoms with van der Waals surface area (Å²) in [5, 5.41) is 15.4. The van der Waals surface area contributed by atoms with E-state index < -0.39 is 11.4 Å². The summed E-state index contributed by atoms with van der Waals surface area (Å²) in [5.74, 6) is 1.21. The van der Waals surface area contributed by atoms with Gasteiger partial charge in [-0.1, -0.05) is 18.2 Å². The van der Waals surface area contributed by atoms with Crippen LogP contribution in [-0.4, -0.2) is 58.8 Å². The number of benzene rings is 2. The first-order valence-electron chi connectivity index (χ1n) is 12.5. The first-order chi connectivity index (χ1) is 17.4. The van der Waals surface area contributed by atoms with Gasteiger partial charge in [0.1, 0.15) is 6.61 Å². The molecule has 0 aliphatic carbocycles. The van der Waals surface area contributed by atoms with Crippen molar-refractivity contribution in [2.24, 2.45) is 0 Å². The van der Waals surface area contributed by atoms with Gasteiger partial charge in [0.15, 0.2) is 23.1 Å². The molecule has 0 amide bonds. The summed E-state index contributed by atoms with van der Waals surface area (Å²) in [4.78, 5) is 2.33. The fourth-order valence-electron chi connectivity index (χ4n) is 4.50. The number of rotatable bonds is 11. The summed E-state index contributed by atoms with van der Waals surface area (Å²) in [6.07, 6.45) is 6.74. The minimum atomic E-state index is -0.974. The monoisotopic (exact) mass is 497 g/mol. The molecule has 1 aliphatic rings. The van der Waals surface area contributed by atoms with Gasteiger partial charge in [-0.05, 0) is 68.1 Å². The van der Waals surface area contributed by atoms with Crippen molar-refractivity contribution in [3.05, 3.63) is 71.8 Å². The maximum Gasteiger partial charge on any atom is 0.165 e. The number of aromatic nitrogens is 2. The molecule has 2 heterocycles. The number of likely N-dealkylation sites (tertiary alicyclic amines) is 1. The number of ether oxygens (including phenoxy) is 3. The standard InChI is InChI=1S/C28H36FN3O4/c1-22-18-30-32(19-22)14-6-16-35-27-17-23(9-10-26(27)34-2)20-31-13-5-11-28(33,12-15-31)21-36-25-8-4-3-7-24(25)29/h3-4,7-10,17-19,33H,5-6,11-16,20-21H2,1-2H3/t28-/m0/s1. The molecule has 0 saturated carbocycles. The number of halogens is 1. The first-order valence-corrected chi connectivity index (χ1v) is 12.5. The smallest absolute Gasteiger partial charge is 0.165 e. The van der Waals surface area contributed by atoms with Crippen molar-refractivity contribution in [3.63, 3.8) is 0 Å². The van der Waals surface area contributed by atoms with E-state index in [0.29, 0.717) is 25.2 Å². The lowest BCUT2D eigenvalue weighted by molar-refractivity contribution is -0.0177. The van der Waals surface area contributed by atoms with Crippen molar-refractivity contribution in [3.8, 4) is 17.2 Å². The third kappa shape index (κ3) is 7.21. The van der Waals surface area contributed by atoms with Gasteiger partial charge in [0.25, 0.3) is 0 Å². The Balaban J connectivity index is 1.29. The zero-order valence-electron chi connectivity index (χ0n) is 21.2. The van der Waals surface area contributed by atoms with Crippen LogP contribution in [0.15, 0.2) is 54.9 Å². The Morgan fingerprint density at radius 3 is 2.69 bits per heavy atom. The number of hydrogen-bond acceptors (Lipinski definition) is 6. The van der Waals surface area contributed by atoms with Crippen LogP contribution in [0.5, 0.6) is 17.2 Å². The van der Waals surface area contributed by atoms with Crippen molar-refractivity contribution in [1.29, 1.82) is 0 Å². The average Bonchev–Trinajstić information content (AvgIpc) is 3.20. The molecule has 194 valence electrons. The zero-order valence-corrected chi connectivity index (χ0v) is 21.2. The summed E-state index contributed by atoms with van der Waals surface area (Å²) in [7, 11) is 1.65. The van der Waals surface area contributed by atoms with E-state index in [1.807, 2.05) is 36.1 Å². The van der Waals surface area contributed by atoms with Gasteiger partial charge in [0.05, 0.1) is 25.5 Å². The van der Waals surface area contributed by atoms with Gasteiger partial charge in [0.2, 0.25) is 0 Å². The van der Waals surface area contributed by atoms with Gasteiger partial charge in [-0.25, -0.2) is 4.39 Å². The predicted molar refractivity (Wildman–Crippen MR) is 136 cm³/mol. The second kappa shape index (κ2) is 12.2. The van der Waals surface area contributed by atoms with Crippen LogP contribution in [0.1, 0.15) is 36.8 Å². The van der Waals surface area contributed by atoms with Crippen LogP contribution < -0.4 is 14.2 Å². The van der Waals surface area contributed by atoms with E-state index in [-0.39, 0.29) is 12.4 Å². The van der Waals surface area contributed by atoms with Crippen molar-refractivity contribution in [2.45, 2.75) is 51.3 Å². The lowest BCUT2D eigenvalue weighted by atomic mass is 9.96. The number of nitrogens with zero attached hydrogens (tertiary/aromatic N) is 3. The van der Waals surface area contributed by atoms with Gasteiger partial charge in [-0.15, -0.1) is 0 Å². The fraction of sp³-hybridized carbons (Fsp3) is 0.464. The molecule has 1 aromatic heterocycles. The Labute approximate surface area is 212 Å². The molecule has 1 aliphatic heterocycles. The van der Waals surface area contributed by atoms with Gasteiger partial charge in [0, 0.05) is 32.3 Å². The third-order valence-corrected chi connectivity index (χ3v) is 6.53. The van der Waals surface area contributed by atoms with Crippen molar-refractivity contribution in [2.75, 3.05) is 33.4 Å². The van der Waals surface area contributed by atoms with Crippen LogP contribution in [0.2, 0.25) is 0 Å². The summed E-state index contributed by atoms with van der Waals surface area (Å²) in [6.45, 7) is 5.82. The SMILES string of the molecule is COc1ccc(CN2CCC[C@@](O)(COc3ccccc3F)CC2)cc1OCCCn1cc(C)cn1. The van der Waals surface area contributed by atoms with Gasteiger partial charge in [-0.3, -0.25) is 9.58 Å². The topological polar surface area (TPSA) is 69.0 Å². The van der Waals surface area contributed by atoms with E-state index in [9.17, 15) is 9.50 Å². The van der Waals surface area contributed by atoms with E-state index in [1.165, 1.54) is 6.07 Å². The lowest BCUT2D eigenvalue weighted by Gasteiger charge is -2.27. The Kier molecular flexibility index (Phi) is 8.83. The summed E-state index contributed by atoms with van der Waals surface area (Å²) < 4.78 is 33.0. The number of aliphatic hydroxyl groups is 1. The molecule has 4 rings (SSSR count). The number of para-hydroxylation sites is 1. The van der Waals surface area contributed by atoms with Crippen LogP contribution in [0.3, 0.4) is 0 Å². The average molecular weight is 498 g/mol. The summed E-state index contributed by atoms with van der Waals surface area (Å²) >= 11 is 0. The van der Waals surface area contributed by atoms with Crippen molar-refractivity contribution >= 4 is 0 Å². The van der Waals surface area contributed by atoms with Gasteiger partial charge >= 0.3 is 0 Å². The predicted octanol–water partition coefficient (Wildman–Crippen LogP) is 4.60. The van der Waals surface area contributed by atoms with E-state index in [0.717, 1.165) is 55.9 Å². The quantitative estimate of drug-likeness (QED) is 0.391. The maximum absolute atomic E-state index is 13.9. The second-order valence-corrected chi connectivity index (χ2v) is 9.54. The van der Waals surface area contributed by atoms with E-state index >= 15 is 0 Å². The Morgan fingerprint density at radius 2 is 1.92 bits per heavy atom. The first kappa shape index (κ1) is 26.0. The van der Waals surface area contributed by atoms with Crippen LogP contribution in [0.4, 0.5) is 4.39 Å². The molecule has 1 N–H and O–H groups in total. The summed E-state index contributed by atoms with van der Waals surface area (Å²) in [6, 6.07) is 12.3. The maximum atomic E-state index is 13.9. The number of hydrogen-bond donors (Lipinski definition) is 1. The molecule has 8 heteroatoms. The third-order valence-electron chi connectivity index (χ3n) is 6.53. The van der Waals surface area contributed by atoms with Crippen LogP contribution >= 0.6 is 0 Å². The van der Waals surface area contributed by atoms with E-state index in [2.05, 4.69) is 16.1 Å². The largest absolute Gasteiger partial charge is 0.493 e. The Morgan fingerprint density at radius 1 is 1.06 bits per heavy atom. The van der Waals surface area contributed by atoms with E-state index in [4.69, 9.17) is 14.2 Å². The fourth-order valence-corrected chi connectivity index (χ4v) is 4.50. The van der Waals surface area contributed by atoms with Crippen molar-refractivity contribution in [1.82, 2.24) is 14.7 Å². The molecule has 0 unspecified atom stereocenters. The van der Waals surface area contributed by atoms with Gasteiger partial charge in [-0.2, -0.15) is 5.10 Å². The highest BCUT2D eigenvalue weighted by Crippen LogP contribution is 2.30. The van der Waals surface area contributed by atoms with Crippen LogP contribution in [0.25, 0.3) is 0 Å². The highest BCUT2D eigenvalue weighted by Gasteiger charge is 2.31. The molecule has 2 aromatic carbocycles. The van der Waals surface area contributed by atoms with E-state index in [1.54, 1.807) is 25.3 Å². The molecule has 0 bridgehead atoms. The molecular weight excluding hydrogens is 461 g/mol. The number of methoxy groups -OCH3 is 1. The molecular formula is C28H36FN3O4. The Hall–Kier alpha value is -3.10.